The van der Waals surface area contributed by atoms with Crippen LogP contribution in [0, 0.1) is 13.8 Å². The lowest BCUT2D eigenvalue weighted by molar-refractivity contribution is -0.115. The van der Waals surface area contributed by atoms with Gasteiger partial charge in [0.1, 0.15) is 29.6 Å². The van der Waals surface area contributed by atoms with Crippen LogP contribution in [0.25, 0.3) is 0 Å². The Bertz CT molecular complexity index is 938. The third-order valence-corrected chi connectivity index (χ3v) is 4.49. The highest BCUT2D eigenvalue weighted by Gasteiger charge is 2.10. The molecule has 1 amide bonds. The summed E-state index contributed by atoms with van der Waals surface area (Å²) in [5.74, 6) is 2.56. The summed E-state index contributed by atoms with van der Waals surface area (Å²) in [6, 6.07) is 12.7. The molecule has 0 saturated heterocycles. The fraction of sp³-hybridized carbons (Fsp3) is 0.273. The molecule has 152 valence electrons. The lowest BCUT2D eigenvalue weighted by Gasteiger charge is -2.10. The Morgan fingerprint density at radius 1 is 1.00 bits per heavy atom. The molecule has 1 heterocycles. The van der Waals surface area contributed by atoms with Crippen LogP contribution in [-0.2, 0) is 17.8 Å². The van der Waals surface area contributed by atoms with Crippen LogP contribution in [0.2, 0.25) is 0 Å². The molecular formula is C22H24N2O5. The molecule has 7 nitrogen and oxygen atoms in total. The standard InChI is InChI=1S/C22H24N2O5/c1-14-21(15(2)29-24-14)13-28-18-7-5-16(6-8-18)9-22(25)23-17-10-19(26-3)12-20(11-17)27-4/h5-8,10-12H,9,13H2,1-4H3,(H,23,25). The van der Waals surface area contributed by atoms with E-state index in [1.54, 1.807) is 32.4 Å². The topological polar surface area (TPSA) is 82.8 Å². The number of rotatable bonds is 8. The number of amides is 1. The van der Waals surface area contributed by atoms with Gasteiger partial charge in [0.25, 0.3) is 0 Å². The molecule has 0 aliphatic carbocycles. The molecule has 3 rings (SSSR count). The molecule has 0 aliphatic rings. The van der Waals surface area contributed by atoms with E-state index in [4.69, 9.17) is 18.7 Å². The van der Waals surface area contributed by atoms with Gasteiger partial charge in [-0.2, -0.15) is 0 Å². The van der Waals surface area contributed by atoms with Crippen molar-refractivity contribution in [2.75, 3.05) is 19.5 Å². The van der Waals surface area contributed by atoms with Crippen molar-refractivity contribution in [1.82, 2.24) is 5.16 Å². The Kier molecular flexibility index (Phi) is 6.39. The van der Waals surface area contributed by atoms with Gasteiger partial charge < -0.3 is 24.1 Å². The second-order valence-corrected chi connectivity index (χ2v) is 6.56. The molecule has 0 spiro atoms. The van der Waals surface area contributed by atoms with Crippen molar-refractivity contribution in [3.8, 4) is 17.2 Å². The summed E-state index contributed by atoms with van der Waals surface area (Å²) in [4.78, 5) is 12.4. The first-order valence-electron chi connectivity index (χ1n) is 9.15. The first-order valence-corrected chi connectivity index (χ1v) is 9.15. The Morgan fingerprint density at radius 2 is 1.66 bits per heavy atom. The van der Waals surface area contributed by atoms with E-state index in [0.29, 0.717) is 29.5 Å². The normalized spacial score (nSPS) is 10.5. The summed E-state index contributed by atoms with van der Waals surface area (Å²) in [7, 11) is 3.13. The van der Waals surface area contributed by atoms with Gasteiger partial charge in [-0.25, -0.2) is 0 Å². The van der Waals surface area contributed by atoms with Crippen LogP contribution in [0.3, 0.4) is 0 Å². The summed E-state index contributed by atoms with van der Waals surface area (Å²) >= 11 is 0. The van der Waals surface area contributed by atoms with Gasteiger partial charge in [-0.15, -0.1) is 0 Å². The Labute approximate surface area is 169 Å². The molecular weight excluding hydrogens is 372 g/mol. The number of aromatic nitrogens is 1. The van der Waals surface area contributed by atoms with Gasteiger partial charge in [-0.1, -0.05) is 17.3 Å². The number of benzene rings is 2. The largest absolute Gasteiger partial charge is 0.497 e. The summed E-state index contributed by atoms with van der Waals surface area (Å²) in [6.45, 7) is 4.13. The third-order valence-electron chi connectivity index (χ3n) is 4.49. The van der Waals surface area contributed by atoms with Crippen molar-refractivity contribution in [3.05, 3.63) is 65.0 Å². The number of carbonyl (C=O) groups is 1. The summed E-state index contributed by atoms with van der Waals surface area (Å²) < 4.78 is 21.4. The van der Waals surface area contributed by atoms with E-state index in [0.717, 1.165) is 22.6 Å². The van der Waals surface area contributed by atoms with Crippen LogP contribution in [-0.4, -0.2) is 25.3 Å². The summed E-state index contributed by atoms with van der Waals surface area (Å²) in [6.07, 6.45) is 0.240. The number of ether oxygens (including phenoxy) is 3. The van der Waals surface area contributed by atoms with Crippen molar-refractivity contribution in [2.45, 2.75) is 26.9 Å². The minimum Gasteiger partial charge on any atom is -0.497 e. The zero-order valence-electron chi connectivity index (χ0n) is 16.9. The van der Waals surface area contributed by atoms with Crippen LogP contribution in [0.1, 0.15) is 22.6 Å². The van der Waals surface area contributed by atoms with Crippen LogP contribution in [0.15, 0.2) is 47.0 Å². The van der Waals surface area contributed by atoms with Gasteiger partial charge in [0, 0.05) is 23.9 Å². The maximum Gasteiger partial charge on any atom is 0.228 e. The molecule has 1 N–H and O–H groups in total. The number of hydrogen-bond acceptors (Lipinski definition) is 6. The number of nitrogens with zero attached hydrogens (tertiary/aromatic N) is 1. The molecule has 29 heavy (non-hydrogen) atoms. The van der Waals surface area contributed by atoms with Gasteiger partial charge in [0.05, 0.1) is 31.9 Å². The van der Waals surface area contributed by atoms with Gasteiger partial charge in [0.2, 0.25) is 5.91 Å². The van der Waals surface area contributed by atoms with Crippen LogP contribution in [0.4, 0.5) is 5.69 Å². The number of nitrogens with one attached hydrogen (secondary N) is 1. The lowest BCUT2D eigenvalue weighted by atomic mass is 10.1. The number of anilines is 1. The van der Waals surface area contributed by atoms with Crippen molar-refractivity contribution in [1.29, 1.82) is 0 Å². The lowest BCUT2D eigenvalue weighted by Crippen LogP contribution is -2.14. The zero-order valence-corrected chi connectivity index (χ0v) is 16.9. The molecule has 0 saturated carbocycles. The summed E-state index contributed by atoms with van der Waals surface area (Å²) in [5, 5.41) is 6.78. The quantitative estimate of drug-likeness (QED) is 0.618. The number of methoxy groups -OCH3 is 2. The van der Waals surface area contributed by atoms with Crippen LogP contribution >= 0.6 is 0 Å². The van der Waals surface area contributed by atoms with Crippen molar-refractivity contribution >= 4 is 11.6 Å². The van der Waals surface area contributed by atoms with Crippen molar-refractivity contribution in [2.24, 2.45) is 0 Å². The molecule has 0 radical (unpaired) electrons. The van der Waals surface area contributed by atoms with Gasteiger partial charge in [-0.05, 0) is 31.5 Å². The predicted molar refractivity (Wildman–Crippen MR) is 109 cm³/mol. The first kappa shape index (κ1) is 20.3. The average Bonchev–Trinajstić information content (AvgIpc) is 3.04. The van der Waals surface area contributed by atoms with E-state index in [1.807, 2.05) is 38.1 Å². The first-order chi connectivity index (χ1) is 14.0. The Balaban J connectivity index is 1.57. The molecule has 0 aliphatic heterocycles. The van der Waals surface area contributed by atoms with Gasteiger partial charge in [0.15, 0.2) is 0 Å². The number of carbonyl (C=O) groups excluding carboxylic acids is 1. The van der Waals surface area contributed by atoms with E-state index in [2.05, 4.69) is 10.5 Å². The number of hydrogen-bond donors (Lipinski definition) is 1. The number of aryl methyl sites for hydroxylation is 2. The van der Waals surface area contributed by atoms with Crippen LogP contribution in [0.5, 0.6) is 17.2 Å². The van der Waals surface area contributed by atoms with Crippen molar-refractivity contribution in [3.63, 3.8) is 0 Å². The second-order valence-electron chi connectivity index (χ2n) is 6.56. The zero-order chi connectivity index (χ0) is 20.8. The highest BCUT2D eigenvalue weighted by atomic mass is 16.5. The highest BCUT2D eigenvalue weighted by Crippen LogP contribution is 2.26. The van der Waals surface area contributed by atoms with Gasteiger partial charge >= 0.3 is 0 Å². The molecule has 2 aromatic carbocycles. The van der Waals surface area contributed by atoms with E-state index < -0.39 is 0 Å². The second kappa shape index (κ2) is 9.14. The highest BCUT2D eigenvalue weighted by molar-refractivity contribution is 5.92. The molecule has 0 unspecified atom stereocenters. The molecule has 1 aromatic heterocycles. The molecule has 7 heteroatoms. The monoisotopic (exact) mass is 396 g/mol. The Hall–Kier alpha value is -3.48. The molecule has 0 bridgehead atoms. The smallest absolute Gasteiger partial charge is 0.228 e. The predicted octanol–water partition coefficient (Wildman–Crippen LogP) is 4.07. The Morgan fingerprint density at radius 3 is 2.21 bits per heavy atom. The van der Waals surface area contributed by atoms with E-state index in [1.165, 1.54) is 0 Å². The SMILES string of the molecule is COc1cc(NC(=O)Cc2ccc(OCc3c(C)noc3C)cc2)cc(OC)c1. The molecule has 0 fully saturated rings. The maximum absolute atomic E-state index is 12.4. The minimum atomic E-state index is -0.135. The van der Waals surface area contributed by atoms with E-state index in [9.17, 15) is 4.79 Å². The van der Waals surface area contributed by atoms with Gasteiger partial charge in [-0.3, -0.25) is 4.79 Å². The summed E-state index contributed by atoms with van der Waals surface area (Å²) in [5.41, 5.74) is 3.26. The minimum absolute atomic E-state index is 0.135. The van der Waals surface area contributed by atoms with E-state index in [-0.39, 0.29) is 12.3 Å². The fourth-order valence-electron chi connectivity index (χ4n) is 2.84. The third kappa shape index (κ3) is 5.28. The van der Waals surface area contributed by atoms with Crippen LogP contribution < -0.4 is 19.5 Å². The molecule has 0 atom stereocenters. The maximum atomic E-state index is 12.4. The van der Waals surface area contributed by atoms with E-state index >= 15 is 0 Å². The average molecular weight is 396 g/mol. The fourth-order valence-corrected chi connectivity index (χ4v) is 2.84. The van der Waals surface area contributed by atoms with Crippen molar-refractivity contribution < 1.29 is 23.5 Å². The molecule has 3 aromatic rings.